The van der Waals surface area contributed by atoms with E-state index >= 15 is 0 Å². The van der Waals surface area contributed by atoms with Crippen LogP contribution in [0.4, 0.5) is 0 Å². The Kier molecular flexibility index (Phi) is 3.95. The molecule has 0 N–H and O–H groups in total. The topological polar surface area (TPSA) is 12.5 Å². The lowest BCUT2D eigenvalue weighted by atomic mass is 9.87. The molecule has 0 aromatic heterocycles. The van der Waals surface area contributed by atoms with Gasteiger partial charge in [0.2, 0.25) is 0 Å². The van der Waals surface area contributed by atoms with Crippen LogP contribution in [0.1, 0.15) is 40.0 Å². The van der Waals surface area contributed by atoms with Crippen molar-refractivity contribution in [2.24, 2.45) is 0 Å². The van der Waals surface area contributed by atoms with Crippen LogP contribution in [-0.2, 0) is 4.43 Å². The number of likely N-dealkylation sites (tertiary alicyclic amines) is 1. The van der Waals surface area contributed by atoms with Crippen LogP contribution in [0.3, 0.4) is 0 Å². The van der Waals surface area contributed by atoms with Crippen LogP contribution in [0, 0.1) is 0 Å². The second-order valence-corrected chi connectivity index (χ2v) is 4.37. The van der Waals surface area contributed by atoms with Gasteiger partial charge in [0.1, 0.15) is 10.5 Å². The fourth-order valence-corrected chi connectivity index (χ4v) is 3.61. The van der Waals surface area contributed by atoms with E-state index in [4.69, 9.17) is 4.43 Å². The van der Waals surface area contributed by atoms with Crippen molar-refractivity contribution in [3.8, 4) is 0 Å². The van der Waals surface area contributed by atoms with Crippen LogP contribution in [0.15, 0.2) is 0 Å². The van der Waals surface area contributed by atoms with E-state index in [0.29, 0.717) is 11.6 Å². The van der Waals surface area contributed by atoms with E-state index in [1.54, 1.807) is 0 Å². The van der Waals surface area contributed by atoms with Crippen molar-refractivity contribution in [1.82, 2.24) is 4.90 Å². The lowest BCUT2D eigenvalue weighted by Crippen LogP contribution is -2.50. The van der Waals surface area contributed by atoms with Gasteiger partial charge in [-0.15, -0.1) is 0 Å². The Morgan fingerprint density at radius 2 is 2.00 bits per heavy atom. The molecule has 0 spiro atoms. The largest absolute Gasteiger partial charge is 0.423 e. The molecule has 13 heavy (non-hydrogen) atoms. The number of hydrogen-bond donors (Lipinski definition) is 0. The summed E-state index contributed by atoms with van der Waals surface area (Å²) in [5, 5.41) is 0. The summed E-state index contributed by atoms with van der Waals surface area (Å²) in [5.74, 6) is 0. The first kappa shape index (κ1) is 11.2. The molecule has 1 unspecified atom stereocenters. The molecule has 0 saturated carbocycles. The average molecular weight is 201 g/mol. The average Bonchev–Trinajstić information content (AvgIpc) is 2.55. The fourth-order valence-electron chi connectivity index (χ4n) is 2.93. The zero-order chi connectivity index (χ0) is 9.90. The summed E-state index contributed by atoms with van der Waals surface area (Å²) in [6.07, 6.45) is 4.20. The third-order valence-electron chi connectivity index (χ3n) is 3.78. The predicted molar refractivity (Wildman–Crippen MR) is 60.0 cm³/mol. The highest BCUT2D eigenvalue weighted by atomic mass is 28.2. The number of hydrogen-bond acceptors (Lipinski definition) is 2. The highest BCUT2D eigenvalue weighted by Crippen LogP contribution is 2.36. The van der Waals surface area contributed by atoms with Crippen molar-refractivity contribution in [3.63, 3.8) is 0 Å². The number of rotatable bonds is 4. The molecule has 0 aromatic rings. The van der Waals surface area contributed by atoms with Crippen LogP contribution < -0.4 is 0 Å². The Balaban J connectivity index is 2.81. The van der Waals surface area contributed by atoms with Crippen molar-refractivity contribution < 1.29 is 4.43 Å². The van der Waals surface area contributed by atoms with Crippen molar-refractivity contribution in [2.75, 3.05) is 13.1 Å². The van der Waals surface area contributed by atoms with Gasteiger partial charge >= 0.3 is 0 Å². The van der Waals surface area contributed by atoms with Crippen LogP contribution >= 0.6 is 0 Å². The van der Waals surface area contributed by atoms with E-state index in [1.165, 1.54) is 32.4 Å². The zero-order valence-corrected chi connectivity index (χ0v) is 11.5. The summed E-state index contributed by atoms with van der Waals surface area (Å²) < 4.78 is 5.74. The molecule has 0 radical (unpaired) electrons. The number of nitrogens with zero attached hydrogens (tertiary/aromatic N) is 1. The normalized spacial score (nSPS) is 28.4. The third kappa shape index (κ3) is 1.69. The SMILES string of the molecule is CCN1CCC(O[SiH3])C1(CC)CC. The van der Waals surface area contributed by atoms with Gasteiger partial charge in [-0.1, -0.05) is 20.8 Å². The van der Waals surface area contributed by atoms with Gasteiger partial charge in [0.25, 0.3) is 0 Å². The second kappa shape index (κ2) is 4.58. The monoisotopic (exact) mass is 201 g/mol. The van der Waals surface area contributed by atoms with E-state index in [9.17, 15) is 0 Å². The van der Waals surface area contributed by atoms with E-state index < -0.39 is 0 Å². The van der Waals surface area contributed by atoms with Crippen molar-refractivity contribution in [3.05, 3.63) is 0 Å². The van der Waals surface area contributed by atoms with Gasteiger partial charge in [-0.3, -0.25) is 4.90 Å². The molecule has 1 aliphatic heterocycles. The summed E-state index contributed by atoms with van der Waals surface area (Å²) in [5.41, 5.74) is 0.358. The lowest BCUT2D eigenvalue weighted by Gasteiger charge is -2.40. The van der Waals surface area contributed by atoms with Crippen molar-refractivity contribution in [1.29, 1.82) is 0 Å². The summed E-state index contributed by atoms with van der Waals surface area (Å²) in [7, 11) is 0.879. The maximum Gasteiger partial charge on any atom is 0.146 e. The van der Waals surface area contributed by atoms with Crippen LogP contribution in [0.25, 0.3) is 0 Å². The summed E-state index contributed by atoms with van der Waals surface area (Å²) >= 11 is 0. The molecule has 0 amide bonds. The summed E-state index contributed by atoms with van der Waals surface area (Å²) in [6.45, 7) is 9.25. The maximum absolute atomic E-state index is 5.74. The van der Waals surface area contributed by atoms with Crippen molar-refractivity contribution in [2.45, 2.75) is 51.7 Å². The summed E-state index contributed by atoms with van der Waals surface area (Å²) in [6, 6.07) is 0. The molecule has 1 rings (SSSR count). The molecule has 2 nitrogen and oxygen atoms in total. The van der Waals surface area contributed by atoms with Crippen molar-refractivity contribution >= 4 is 10.5 Å². The smallest absolute Gasteiger partial charge is 0.146 e. The molecule has 78 valence electrons. The van der Waals surface area contributed by atoms with E-state index in [0.717, 1.165) is 10.5 Å². The van der Waals surface area contributed by atoms with Gasteiger partial charge < -0.3 is 4.43 Å². The molecule has 1 heterocycles. The van der Waals surface area contributed by atoms with E-state index in [2.05, 4.69) is 25.7 Å². The van der Waals surface area contributed by atoms with Gasteiger partial charge in [0.05, 0.1) is 6.10 Å². The van der Waals surface area contributed by atoms with Gasteiger partial charge in [-0.2, -0.15) is 0 Å². The van der Waals surface area contributed by atoms with E-state index in [1.807, 2.05) is 0 Å². The Morgan fingerprint density at radius 3 is 2.38 bits per heavy atom. The second-order valence-electron chi connectivity index (χ2n) is 3.90. The van der Waals surface area contributed by atoms with Gasteiger partial charge in [0, 0.05) is 12.1 Å². The third-order valence-corrected chi connectivity index (χ3v) is 4.35. The molecule has 0 aliphatic carbocycles. The minimum absolute atomic E-state index is 0.358. The molecule has 1 saturated heterocycles. The van der Waals surface area contributed by atoms with Crippen LogP contribution in [-0.4, -0.2) is 40.1 Å². The summed E-state index contributed by atoms with van der Waals surface area (Å²) in [4.78, 5) is 2.61. The molecule has 1 atom stereocenters. The minimum atomic E-state index is 0.358. The Labute approximate surface area is 85.2 Å². The van der Waals surface area contributed by atoms with Gasteiger partial charge in [0.15, 0.2) is 0 Å². The highest BCUT2D eigenvalue weighted by Gasteiger charge is 2.44. The van der Waals surface area contributed by atoms with Gasteiger partial charge in [-0.05, 0) is 25.8 Å². The van der Waals surface area contributed by atoms with Gasteiger partial charge in [-0.25, -0.2) is 0 Å². The first-order valence-electron chi connectivity index (χ1n) is 5.53. The zero-order valence-electron chi connectivity index (χ0n) is 9.47. The standard InChI is InChI=1S/C10H23NOSi/c1-4-10(5-2)9(12-13)7-8-11(10)6-3/h9H,4-8H2,1-3,13H3. The number of likely N-dealkylation sites (N-methyl/N-ethyl adjacent to an activating group) is 1. The Morgan fingerprint density at radius 1 is 1.38 bits per heavy atom. The first-order chi connectivity index (χ1) is 6.25. The van der Waals surface area contributed by atoms with Crippen LogP contribution in [0.5, 0.6) is 0 Å². The van der Waals surface area contributed by atoms with Crippen LogP contribution in [0.2, 0.25) is 0 Å². The minimum Gasteiger partial charge on any atom is -0.423 e. The molecule has 3 heteroatoms. The predicted octanol–water partition coefficient (Wildman–Crippen LogP) is 0.936. The molecular weight excluding hydrogens is 178 g/mol. The Hall–Kier alpha value is 0.137. The maximum atomic E-state index is 5.74. The molecule has 0 bridgehead atoms. The molecular formula is C10H23NOSi. The molecule has 1 aliphatic rings. The molecule has 0 aromatic carbocycles. The van der Waals surface area contributed by atoms with E-state index in [-0.39, 0.29) is 0 Å². The quantitative estimate of drug-likeness (QED) is 0.628. The Bertz CT molecular complexity index is 145. The first-order valence-corrected chi connectivity index (χ1v) is 6.34. The lowest BCUT2D eigenvalue weighted by molar-refractivity contribution is 0.0430. The highest BCUT2D eigenvalue weighted by molar-refractivity contribution is 5.98. The molecule has 1 fully saturated rings. The fraction of sp³-hybridized carbons (Fsp3) is 1.00.